The summed E-state index contributed by atoms with van der Waals surface area (Å²) in [5, 5.41) is 9.10. The normalized spacial score (nSPS) is 21.1. The summed E-state index contributed by atoms with van der Waals surface area (Å²) in [5.41, 5.74) is 0.972. The fourth-order valence-corrected chi connectivity index (χ4v) is 3.08. The number of ether oxygens (including phenoxy) is 1. The minimum absolute atomic E-state index is 0.109. The van der Waals surface area contributed by atoms with E-state index < -0.39 is 0 Å². The van der Waals surface area contributed by atoms with Gasteiger partial charge in [-0.1, -0.05) is 19.1 Å². The van der Waals surface area contributed by atoms with Crippen molar-refractivity contribution in [2.75, 3.05) is 32.0 Å². The van der Waals surface area contributed by atoms with E-state index in [0.29, 0.717) is 6.10 Å². The van der Waals surface area contributed by atoms with Gasteiger partial charge in [-0.25, -0.2) is 0 Å². The molecule has 1 aromatic rings. The van der Waals surface area contributed by atoms with Crippen LogP contribution in [0.4, 0.5) is 0 Å². The van der Waals surface area contributed by atoms with Crippen LogP contribution in [0.5, 0.6) is 0 Å². The molecule has 0 bridgehead atoms. The van der Waals surface area contributed by atoms with E-state index in [1.165, 1.54) is 4.90 Å². The van der Waals surface area contributed by atoms with Gasteiger partial charge in [0.25, 0.3) is 0 Å². The Labute approximate surface area is 113 Å². The van der Waals surface area contributed by atoms with Crippen molar-refractivity contribution in [2.45, 2.75) is 24.5 Å². The average molecular weight is 267 g/mol. The Balaban J connectivity index is 1.83. The lowest BCUT2D eigenvalue weighted by Crippen LogP contribution is -2.43. The van der Waals surface area contributed by atoms with Gasteiger partial charge in [0.05, 0.1) is 19.3 Å². The number of nitrogens with zero attached hydrogens (tertiary/aromatic N) is 1. The predicted molar refractivity (Wildman–Crippen MR) is 74.9 cm³/mol. The molecule has 100 valence electrons. The molecule has 1 saturated heterocycles. The van der Waals surface area contributed by atoms with Crippen molar-refractivity contribution in [3.05, 3.63) is 29.8 Å². The average Bonchev–Trinajstić information content (AvgIpc) is 2.45. The summed E-state index contributed by atoms with van der Waals surface area (Å²) in [4.78, 5) is 3.64. The Morgan fingerprint density at radius 2 is 2.39 bits per heavy atom. The maximum atomic E-state index is 9.10. The highest BCUT2D eigenvalue weighted by atomic mass is 32.2. The molecule has 1 N–H and O–H groups in total. The summed E-state index contributed by atoms with van der Waals surface area (Å²) in [6, 6.07) is 8.07. The molecule has 3 nitrogen and oxygen atoms in total. The summed E-state index contributed by atoms with van der Waals surface area (Å²) in [6.45, 7) is 6.33. The highest BCUT2D eigenvalue weighted by Gasteiger charge is 2.19. The first kappa shape index (κ1) is 13.9. The van der Waals surface area contributed by atoms with Gasteiger partial charge in [-0.2, -0.15) is 0 Å². The van der Waals surface area contributed by atoms with Gasteiger partial charge in [0.1, 0.15) is 0 Å². The number of aliphatic hydroxyl groups excluding tert-OH is 1. The van der Waals surface area contributed by atoms with Crippen LogP contribution in [-0.4, -0.2) is 48.1 Å². The Kier molecular flexibility index (Phi) is 5.50. The minimum atomic E-state index is 0.109. The Hall–Kier alpha value is -0.550. The number of likely N-dealkylation sites (N-methyl/N-ethyl adjacent to an activating group) is 1. The molecule has 0 spiro atoms. The van der Waals surface area contributed by atoms with Gasteiger partial charge in [0.15, 0.2) is 0 Å². The monoisotopic (exact) mass is 267 g/mol. The highest BCUT2D eigenvalue weighted by molar-refractivity contribution is 7.99. The van der Waals surface area contributed by atoms with Crippen LogP contribution in [0.15, 0.2) is 29.2 Å². The zero-order valence-electron chi connectivity index (χ0n) is 10.8. The molecule has 0 saturated carbocycles. The lowest BCUT2D eigenvalue weighted by Gasteiger charge is -2.31. The molecular formula is C14H21NO2S. The van der Waals surface area contributed by atoms with Crippen molar-refractivity contribution < 1.29 is 9.84 Å². The van der Waals surface area contributed by atoms with Crippen molar-refractivity contribution >= 4 is 11.8 Å². The second-order valence-corrected chi connectivity index (χ2v) is 5.60. The van der Waals surface area contributed by atoms with E-state index in [0.717, 1.165) is 37.6 Å². The van der Waals surface area contributed by atoms with Gasteiger partial charge in [-0.15, -0.1) is 11.8 Å². The van der Waals surface area contributed by atoms with Crippen LogP contribution < -0.4 is 0 Å². The van der Waals surface area contributed by atoms with Crippen molar-refractivity contribution in [3.63, 3.8) is 0 Å². The molecule has 1 unspecified atom stereocenters. The zero-order chi connectivity index (χ0) is 12.8. The van der Waals surface area contributed by atoms with Gasteiger partial charge < -0.3 is 9.84 Å². The van der Waals surface area contributed by atoms with Gasteiger partial charge in [0.2, 0.25) is 0 Å². The molecule has 0 radical (unpaired) electrons. The minimum Gasteiger partial charge on any atom is -0.392 e. The van der Waals surface area contributed by atoms with E-state index in [9.17, 15) is 0 Å². The van der Waals surface area contributed by atoms with Gasteiger partial charge in [0, 0.05) is 23.7 Å². The topological polar surface area (TPSA) is 32.7 Å². The number of thioether (sulfide) groups is 1. The van der Waals surface area contributed by atoms with Crippen molar-refractivity contribution in [1.82, 2.24) is 4.90 Å². The highest BCUT2D eigenvalue weighted by Crippen LogP contribution is 2.22. The maximum absolute atomic E-state index is 9.10. The van der Waals surface area contributed by atoms with E-state index in [-0.39, 0.29) is 6.61 Å². The molecule has 1 aliphatic heterocycles. The maximum Gasteiger partial charge on any atom is 0.0796 e. The molecule has 1 fully saturated rings. The first-order valence-electron chi connectivity index (χ1n) is 6.48. The molecule has 0 aromatic heterocycles. The molecule has 1 aliphatic rings. The van der Waals surface area contributed by atoms with Gasteiger partial charge >= 0.3 is 0 Å². The summed E-state index contributed by atoms with van der Waals surface area (Å²) < 4.78 is 5.78. The van der Waals surface area contributed by atoms with E-state index in [1.54, 1.807) is 11.8 Å². The molecule has 0 aliphatic carbocycles. The molecule has 1 aromatic carbocycles. The third kappa shape index (κ3) is 3.99. The van der Waals surface area contributed by atoms with Gasteiger partial charge in [-0.05, 0) is 24.2 Å². The number of morpholine rings is 1. The molecule has 18 heavy (non-hydrogen) atoms. The van der Waals surface area contributed by atoms with Crippen LogP contribution in [0, 0.1) is 0 Å². The zero-order valence-corrected chi connectivity index (χ0v) is 11.7. The summed E-state index contributed by atoms with van der Waals surface area (Å²) >= 11 is 1.81. The summed E-state index contributed by atoms with van der Waals surface area (Å²) in [7, 11) is 0. The molecule has 4 heteroatoms. The van der Waals surface area contributed by atoms with Crippen molar-refractivity contribution in [1.29, 1.82) is 0 Å². The first-order valence-corrected chi connectivity index (χ1v) is 7.47. The number of aliphatic hydroxyl groups is 1. The number of hydrogen-bond donors (Lipinski definition) is 1. The molecule has 0 amide bonds. The Morgan fingerprint density at radius 3 is 3.17 bits per heavy atom. The molecule has 1 heterocycles. The van der Waals surface area contributed by atoms with Crippen LogP contribution in [0.1, 0.15) is 12.5 Å². The lowest BCUT2D eigenvalue weighted by atomic mass is 10.2. The van der Waals surface area contributed by atoms with E-state index in [4.69, 9.17) is 9.84 Å². The standard InChI is InChI=1S/C14H21NO2S/c1-2-15-6-7-17-13(9-15)11-18-14-5-3-4-12(8-14)10-16/h3-5,8,13,16H,2,6-7,9-11H2,1H3. The Bertz CT molecular complexity index is 373. The van der Waals surface area contributed by atoms with E-state index in [2.05, 4.69) is 17.9 Å². The fraction of sp³-hybridized carbons (Fsp3) is 0.571. The van der Waals surface area contributed by atoms with Crippen LogP contribution in [0.2, 0.25) is 0 Å². The van der Waals surface area contributed by atoms with E-state index >= 15 is 0 Å². The number of benzene rings is 1. The van der Waals surface area contributed by atoms with Crippen molar-refractivity contribution in [2.24, 2.45) is 0 Å². The third-order valence-corrected chi connectivity index (χ3v) is 4.31. The van der Waals surface area contributed by atoms with Gasteiger partial charge in [-0.3, -0.25) is 4.90 Å². The number of hydrogen-bond acceptors (Lipinski definition) is 4. The second kappa shape index (κ2) is 7.14. The quantitative estimate of drug-likeness (QED) is 0.827. The Morgan fingerprint density at radius 1 is 1.50 bits per heavy atom. The first-order chi connectivity index (χ1) is 8.81. The largest absolute Gasteiger partial charge is 0.392 e. The summed E-state index contributed by atoms with van der Waals surface area (Å²) in [5.74, 6) is 0.978. The molecule has 1 atom stereocenters. The SMILES string of the molecule is CCN1CCOC(CSc2cccc(CO)c2)C1. The lowest BCUT2D eigenvalue weighted by molar-refractivity contribution is -0.0137. The van der Waals surface area contributed by atoms with Crippen LogP contribution in [0.3, 0.4) is 0 Å². The third-order valence-electron chi connectivity index (χ3n) is 3.19. The number of rotatable bonds is 5. The second-order valence-electron chi connectivity index (χ2n) is 4.50. The smallest absolute Gasteiger partial charge is 0.0796 e. The molecular weight excluding hydrogens is 246 g/mol. The fourth-order valence-electron chi connectivity index (χ4n) is 2.09. The molecule has 2 rings (SSSR count). The van der Waals surface area contributed by atoms with Crippen molar-refractivity contribution in [3.8, 4) is 0 Å². The van der Waals surface area contributed by atoms with E-state index in [1.807, 2.05) is 18.2 Å². The van der Waals surface area contributed by atoms with Crippen LogP contribution in [0.25, 0.3) is 0 Å². The van der Waals surface area contributed by atoms with Crippen LogP contribution in [-0.2, 0) is 11.3 Å². The predicted octanol–water partition coefficient (Wildman–Crippen LogP) is 1.99. The summed E-state index contributed by atoms with van der Waals surface area (Å²) in [6.07, 6.45) is 0.321. The van der Waals surface area contributed by atoms with Crippen LogP contribution >= 0.6 is 11.8 Å².